The van der Waals surface area contributed by atoms with Crippen LogP contribution in [0.4, 0.5) is 10.7 Å². The number of rotatable bonds is 0. The average molecular weight is 581 g/mol. The van der Waals surface area contributed by atoms with E-state index in [0.717, 1.165) is 87.2 Å². The predicted octanol–water partition coefficient (Wildman–Crippen LogP) is 6.98. The summed E-state index contributed by atoms with van der Waals surface area (Å²) in [5.41, 5.74) is 3.52. The number of pyridine rings is 1. The van der Waals surface area contributed by atoms with Crippen LogP contribution in [0.2, 0.25) is 0 Å². The number of carbonyl (C=O) groups is 1. The molecule has 1 amide bonds. The maximum Gasteiger partial charge on any atom is 0.264 e. The predicted molar refractivity (Wildman–Crippen MR) is 173 cm³/mol. The highest BCUT2D eigenvalue weighted by molar-refractivity contribution is 7.16. The first-order valence-electron chi connectivity index (χ1n) is 14.1. The molecule has 6 nitrogen and oxygen atoms in total. The molecule has 2 atom stereocenters. The number of benzene rings is 4. The number of amides is 1. The van der Waals surface area contributed by atoms with Crippen LogP contribution >= 0.6 is 22.7 Å². The van der Waals surface area contributed by atoms with E-state index in [4.69, 9.17) is 4.98 Å². The van der Waals surface area contributed by atoms with Crippen LogP contribution in [0.3, 0.4) is 0 Å². The van der Waals surface area contributed by atoms with Gasteiger partial charge in [0.15, 0.2) is 0 Å². The summed E-state index contributed by atoms with van der Waals surface area (Å²) in [6.45, 7) is 4.49. The Labute approximate surface area is 245 Å². The first-order chi connectivity index (χ1) is 20.4. The van der Waals surface area contributed by atoms with E-state index < -0.39 is 5.66 Å². The Balaban J connectivity index is 1.33. The number of anilines is 2. The Morgan fingerprint density at radius 1 is 0.833 bits per heavy atom. The van der Waals surface area contributed by atoms with Crippen LogP contribution in [0.5, 0.6) is 0 Å². The third-order valence-electron chi connectivity index (χ3n) is 10.6. The molecule has 6 heterocycles. The molecule has 8 heteroatoms. The molecule has 0 fully saturated rings. The van der Waals surface area contributed by atoms with Crippen molar-refractivity contribution in [2.24, 2.45) is 0 Å². The number of hydrogen-bond acceptors (Lipinski definition) is 6. The molecule has 3 aliphatic rings. The molecule has 0 bridgehead atoms. The monoisotopic (exact) mass is 580 g/mol. The van der Waals surface area contributed by atoms with Gasteiger partial charge in [0.25, 0.3) is 11.5 Å². The molecule has 0 saturated carbocycles. The minimum Gasteiger partial charge on any atom is -0.352 e. The van der Waals surface area contributed by atoms with Crippen molar-refractivity contribution in [2.75, 3.05) is 10.2 Å². The molecule has 11 rings (SSSR count). The van der Waals surface area contributed by atoms with E-state index in [2.05, 4.69) is 55.6 Å². The Kier molecular flexibility index (Phi) is 3.47. The number of nitrogens with one attached hydrogen (secondary N) is 1. The number of aromatic nitrogens is 2. The van der Waals surface area contributed by atoms with E-state index in [1.165, 1.54) is 0 Å². The summed E-state index contributed by atoms with van der Waals surface area (Å²) in [6, 6.07) is 16.6. The third-order valence-corrected chi connectivity index (χ3v) is 12.3. The summed E-state index contributed by atoms with van der Waals surface area (Å²) in [4.78, 5) is 36.0. The van der Waals surface area contributed by atoms with Crippen LogP contribution in [0.25, 0.3) is 65.2 Å². The maximum atomic E-state index is 14.3. The van der Waals surface area contributed by atoms with Gasteiger partial charge in [0.05, 0.1) is 11.2 Å². The maximum absolute atomic E-state index is 14.3. The Morgan fingerprint density at radius 3 is 2.48 bits per heavy atom. The molecule has 2 unspecified atom stereocenters. The molecule has 2 aliphatic heterocycles. The van der Waals surface area contributed by atoms with Crippen molar-refractivity contribution in [3.8, 4) is 0 Å². The topological polar surface area (TPSA) is 66.7 Å². The van der Waals surface area contributed by atoms with Gasteiger partial charge in [-0.05, 0) is 92.1 Å². The third kappa shape index (κ3) is 2.08. The van der Waals surface area contributed by atoms with Gasteiger partial charge in [-0.3, -0.25) is 18.9 Å². The lowest BCUT2D eigenvalue weighted by Crippen LogP contribution is -2.67. The number of imidazole rings is 1. The fraction of sp³-hybridized carbons (Fsp3) is 0.147. The summed E-state index contributed by atoms with van der Waals surface area (Å²) in [7, 11) is 0. The molecule has 0 radical (unpaired) electrons. The van der Waals surface area contributed by atoms with Crippen LogP contribution in [0.15, 0.2) is 64.1 Å². The molecule has 0 spiro atoms. The van der Waals surface area contributed by atoms with Crippen molar-refractivity contribution in [1.82, 2.24) is 9.38 Å². The van der Waals surface area contributed by atoms with E-state index >= 15 is 0 Å². The number of nitrogens with zero attached hydrogens (tertiary/aromatic N) is 3. The van der Waals surface area contributed by atoms with E-state index in [-0.39, 0.29) is 16.9 Å². The largest absolute Gasteiger partial charge is 0.352 e. The molecular weight excluding hydrogens is 561 g/mol. The molecule has 42 heavy (non-hydrogen) atoms. The van der Waals surface area contributed by atoms with Gasteiger partial charge in [-0.2, -0.15) is 0 Å². The fourth-order valence-corrected chi connectivity index (χ4v) is 10.2. The highest BCUT2D eigenvalue weighted by Crippen LogP contribution is 2.58. The minimum absolute atomic E-state index is 0.0260. The number of hydrogen-bond donors (Lipinski definition) is 1. The van der Waals surface area contributed by atoms with E-state index in [1.807, 2.05) is 33.9 Å². The second-order valence-electron chi connectivity index (χ2n) is 12.3. The van der Waals surface area contributed by atoms with Crippen LogP contribution in [0, 0.1) is 0 Å². The van der Waals surface area contributed by atoms with Gasteiger partial charge in [-0.1, -0.05) is 31.2 Å². The summed E-state index contributed by atoms with van der Waals surface area (Å²) in [5, 5.41) is 18.3. The van der Waals surface area contributed by atoms with Crippen molar-refractivity contribution in [3.05, 3.63) is 86.0 Å². The van der Waals surface area contributed by atoms with Crippen molar-refractivity contribution >= 4 is 104 Å². The summed E-state index contributed by atoms with van der Waals surface area (Å²) in [6.07, 6.45) is 3.16. The molecule has 4 aromatic carbocycles. The zero-order valence-corrected chi connectivity index (χ0v) is 24.2. The van der Waals surface area contributed by atoms with Crippen LogP contribution in [0.1, 0.15) is 36.2 Å². The molecule has 4 aromatic heterocycles. The lowest BCUT2D eigenvalue weighted by molar-refractivity contribution is 0.0917. The zero-order valence-electron chi connectivity index (χ0n) is 22.5. The van der Waals surface area contributed by atoms with E-state index in [1.54, 1.807) is 27.1 Å². The van der Waals surface area contributed by atoms with Crippen molar-refractivity contribution in [2.45, 2.75) is 31.3 Å². The first-order valence-corrected chi connectivity index (χ1v) is 15.9. The lowest BCUT2D eigenvalue weighted by Gasteiger charge is -2.54. The van der Waals surface area contributed by atoms with Crippen LogP contribution < -0.4 is 21.0 Å². The standard InChI is InChI=1S/C34H20N4O2S2/c1-33-12-9-18-16-4-7-20-25-19(28-35-29-22(10-13-41-29)37(28)31(20)39)6-3-15(24(16)25)17-5-8-21(27(33)26(17)18)32(40)38-23-11-14-42-30(23)36-34(33,38)2/h3-11,13-14,36H,12H2,1-2H3. The summed E-state index contributed by atoms with van der Waals surface area (Å²) in [5.74, 6) is 0.0483. The van der Waals surface area contributed by atoms with Gasteiger partial charge in [0.2, 0.25) is 0 Å². The summed E-state index contributed by atoms with van der Waals surface area (Å²) < 4.78 is 1.77. The SMILES string of the molecule is CC12CC=c3c4ccc5c(=O)n6c7ccsc7nc6c6ccc(c7ccc(c1c37)C(=O)N1c3ccsc3NC12C)c4c56. The number of thiophene rings is 2. The van der Waals surface area contributed by atoms with Crippen molar-refractivity contribution in [3.63, 3.8) is 0 Å². The quantitative estimate of drug-likeness (QED) is 0.155. The molecule has 8 aromatic rings. The molecule has 0 saturated heterocycles. The molecule has 1 N–H and O–H groups in total. The second kappa shape index (κ2) is 6.59. The fourth-order valence-electron chi connectivity index (χ4n) is 8.59. The number of carbonyl (C=O) groups excluding carboxylic acids is 1. The highest BCUT2D eigenvalue weighted by atomic mass is 32.1. The number of fused-ring (bicyclic) bond motifs is 10. The van der Waals surface area contributed by atoms with Gasteiger partial charge in [-0.25, -0.2) is 4.98 Å². The molecular formula is C34H20N4O2S2. The summed E-state index contributed by atoms with van der Waals surface area (Å²) >= 11 is 3.21. The van der Waals surface area contributed by atoms with E-state index in [9.17, 15) is 9.59 Å². The van der Waals surface area contributed by atoms with Gasteiger partial charge in [0.1, 0.15) is 21.1 Å². The van der Waals surface area contributed by atoms with Gasteiger partial charge in [0, 0.05) is 27.1 Å². The smallest absolute Gasteiger partial charge is 0.264 e. The average Bonchev–Trinajstić information content (AvgIpc) is 3.76. The Hall–Kier alpha value is -4.53. The van der Waals surface area contributed by atoms with Crippen LogP contribution in [-0.4, -0.2) is 21.0 Å². The molecule has 200 valence electrons. The Bertz CT molecular complexity index is 2740. The normalized spacial score (nSPS) is 22.6. The Morgan fingerprint density at radius 2 is 1.57 bits per heavy atom. The highest BCUT2D eigenvalue weighted by Gasteiger charge is 2.61. The van der Waals surface area contributed by atoms with Gasteiger partial charge in [-0.15, -0.1) is 22.7 Å². The van der Waals surface area contributed by atoms with E-state index in [0.29, 0.717) is 5.39 Å². The van der Waals surface area contributed by atoms with Crippen LogP contribution in [-0.2, 0) is 5.41 Å². The minimum atomic E-state index is -0.586. The van der Waals surface area contributed by atoms with Gasteiger partial charge < -0.3 is 5.32 Å². The van der Waals surface area contributed by atoms with Crippen molar-refractivity contribution in [1.29, 1.82) is 0 Å². The van der Waals surface area contributed by atoms with Gasteiger partial charge >= 0.3 is 0 Å². The lowest BCUT2D eigenvalue weighted by atomic mass is 9.61. The first kappa shape index (κ1) is 22.1. The molecule has 1 aliphatic carbocycles. The zero-order chi connectivity index (χ0) is 27.9. The second-order valence-corrected chi connectivity index (χ2v) is 14.1. The van der Waals surface area contributed by atoms with Crippen molar-refractivity contribution < 1.29 is 4.79 Å².